The zero-order valence-electron chi connectivity index (χ0n) is 15.3. The first-order valence-corrected chi connectivity index (χ1v) is 9.80. The summed E-state index contributed by atoms with van der Waals surface area (Å²) in [6, 6.07) is 4.93. The fourth-order valence-corrected chi connectivity index (χ4v) is 4.07. The van der Waals surface area contributed by atoms with Crippen LogP contribution in [0.5, 0.6) is 0 Å². The van der Waals surface area contributed by atoms with Crippen LogP contribution >= 0.6 is 23.2 Å². The third-order valence-corrected chi connectivity index (χ3v) is 6.41. The Morgan fingerprint density at radius 3 is 2.35 bits per heavy atom. The van der Waals surface area contributed by atoms with Gasteiger partial charge in [0.25, 0.3) is 5.91 Å². The summed E-state index contributed by atoms with van der Waals surface area (Å²) in [7, 11) is 4.12. The van der Waals surface area contributed by atoms with E-state index in [1.807, 2.05) is 0 Å². The lowest BCUT2D eigenvalue weighted by Gasteiger charge is -2.50. The lowest BCUT2D eigenvalue weighted by atomic mass is 9.77. The average Bonchev–Trinajstić information content (AvgIpc) is 2.64. The summed E-state index contributed by atoms with van der Waals surface area (Å²) in [5.41, 5.74) is 0.404. The maximum Gasteiger partial charge on any atom is 0.251 e. The molecule has 1 aliphatic heterocycles. The molecule has 7 heteroatoms. The van der Waals surface area contributed by atoms with E-state index in [9.17, 15) is 4.79 Å². The van der Waals surface area contributed by atoms with Crippen molar-refractivity contribution in [2.45, 2.75) is 43.4 Å². The highest BCUT2D eigenvalue weighted by Gasteiger charge is 2.46. The largest absolute Gasteiger partial charge is 0.350 e. The summed E-state index contributed by atoms with van der Waals surface area (Å²) in [4.78, 5) is 14.7. The molecule has 1 saturated carbocycles. The Hall–Kier alpha value is -0.850. The molecule has 0 radical (unpaired) electrons. The molecule has 2 fully saturated rings. The molecule has 144 valence electrons. The zero-order chi connectivity index (χ0) is 18.8. The Morgan fingerprint density at radius 1 is 1.12 bits per heavy atom. The molecule has 0 bridgehead atoms. The summed E-state index contributed by atoms with van der Waals surface area (Å²) in [5, 5.41) is 3.89. The second kappa shape index (κ2) is 8.03. The number of nitrogens with one attached hydrogen (secondary N) is 1. The molecular formula is C19H26Cl2N2O3. The van der Waals surface area contributed by atoms with Crippen LogP contribution in [0.25, 0.3) is 0 Å². The van der Waals surface area contributed by atoms with Gasteiger partial charge in [-0.15, -0.1) is 0 Å². The molecule has 1 heterocycles. The molecule has 1 aromatic carbocycles. The normalized spacial score (nSPS) is 21.7. The van der Waals surface area contributed by atoms with E-state index in [1.54, 1.807) is 18.2 Å². The van der Waals surface area contributed by atoms with Crippen molar-refractivity contribution in [2.24, 2.45) is 0 Å². The van der Waals surface area contributed by atoms with Crippen molar-refractivity contribution in [3.05, 3.63) is 33.8 Å². The number of hydrogen-bond donors (Lipinski definition) is 1. The second-order valence-corrected chi connectivity index (χ2v) is 8.21. The van der Waals surface area contributed by atoms with Crippen molar-refractivity contribution in [1.82, 2.24) is 10.2 Å². The molecule has 0 unspecified atom stereocenters. The summed E-state index contributed by atoms with van der Waals surface area (Å²) in [6.45, 7) is 2.10. The van der Waals surface area contributed by atoms with Gasteiger partial charge in [0.05, 0.1) is 23.3 Å². The number of carbonyl (C=O) groups excluding carboxylic acids is 1. The van der Waals surface area contributed by atoms with Crippen LogP contribution in [0.3, 0.4) is 0 Å². The van der Waals surface area contributed by atoms with Gasteiger partial charge < -0.3 is 19.7 Å². The highest BCUT2D eigenvalue weighted by molar-refractivity contribution is 6.42. The predicted molar refractivity (Wildman–Crippen MR) is 103 cm³/mol. The van der Waals surface area contributed by atoms with Crippen molar-refractivity contribution in [2.75, 3.05) is 33.9 Å². The van der Waals surface area contributed by atoms with Crippen LogP contribution in [-0.4, -0.2) is 56.0 Å². The molecule has 2 aliphatic rings. The maximum atomic E-state index is 12.5. The van der Waals surface area contributed by atoms with Gasteiger partial charge in [0.15, 0.2) is 5.79 Å². The number of ether oxygens (including phenoxy) is 2. The number of amides is 1. The molecule has 1 aromatic rings. The van der Waals surface area contributed by atoms with Gasteiger partial charge in [-0.05, 0) is 51.6 Å². The number of nitrogens with zero attached hydrogens (tertiary/aromatic N) is 1. The standard InChI is InChI=1S/C19H26Cl2N2O3/c1-23(2)18(6-8-19(9-7-18)25-10-3-11-26-19)13-22-17(24)14-4-5-15(20)16(21)12-14/h4-5,12H,3,6-11,13H2,1-2H3,(H,22,24). The highest BCUT2D eigenvalue weighted by atomic mass is 35.5. The molecule has 5 nitrogen and oxygen atoms in total. The Morgan fingerprint density at radius 2 is 1.77 bits per heavy atom. The summed E-state index contributed by atoms with van der Waals surface area (Å²) < 4.78 is 11.9. The molecule has 0 aromatic heterocycles. The van der Waals surface area contributed by atoms with Gasteiger partial charge in [-0.2, -0.15) is 0 Å². The SMILES string of the molecule is CN(C)C1(CNC(=O)c2ccc(Cl)c(Cl)c2)CCC2(CC1)OCCCO2. The Labute approximate surface area is 164 Å². The Bertz CT molecular complexity index is 650. The fraction of sp³-hybridized carbons (Fsp3) is 0.632. The van der Waals surface area contributed by atoms with Crippen LogP contribution in [0.4, 0.5) is 0 Å². The summed E-state index contributed by atoms with van der Waals surface area (Å²) in [5.74, 6) is -0.568. The number of hydrogen-bond acceptors (Lipinski definition) is 4. The molecule has 3 rings (SSSR count). The molecule has 1 spiro atoms. The van der Waals surface area contributed by atoms with E-state index in [0.29, 0.717) is 22.2 Å². The van der Waals surface area contributed by atoms with E-state index in [1.165, 1.54) is 0 Å². The number of likely N-dealkylation sites (N-methyl/N-ethyl adjacent to an activating group) is 1. The molecule has 1 N–H and O–H groups in total. The van der Waals surface area contributed by atoms with E-state index >= 15 is 0 Å². The topological polar surface area (TPSA) is 50.8 Å². The van der Waals surface area contributed by atoms with Gasteiger partial charge in [-0.1, -0.05) is 23.2 Å². The second-order valence-electron chi connectivity index (χ2n) is 7.39. The minimum Gasteiger partial charge on any atom is -0.350 e. The van der Waals surface area contributed by atoms with Crippen LogP contribution in [0.1, 0.15) is 42.5 Å². The lowest BCUT2D eigenvalue weighted by molar-refractivity contribution is -0.287. The highest BCUT2D eigenvalue weighted by Crippen LogP contribution is 2.41. The van der Waals surface area contributed by atoms with E-state index in [-0.39, 0.29) is 11.4 Å². The van der Waals surface area contributed by atoms with Crippen LogP contribution < -0.4 is 5.32 Å². The Balaban J connectivity index is 1.63. The summed E-state index contributed by atoms with van der Waals surface area (Å²) in [6.07, 6.45) is 4.45. The van der Waals surface area contributed by atoms with E-state index in [0.717, 1.165) is 45.3 Å². The third kappa shape index (κ3) is 4.18. The number of benzene rings is 1. The van der Waals surface area contributed by atoms with Gasteiger partial charge >= 0.3 is 0 Å². The van der Waals surface area contributed by atoms with Gasteiger partial charge in [-0.25, -0.2) is 0 Å². The minimum absolute atomic E-state index is 0.110. The van der Waals surface area contributed by atoms with E-state index in [4.69, 9.17) is 32.7 Å². The van der Waals surface area contributed by atoms with E-state index < -0.39 is 5.79 Å². The first kappa shape index (κ1) is 19.9. The van der Waals surface area contributed by atoms with Crippen molar-refractivity contribution in [3.8, 4) is 0 Å². The molecular weight excluding hydrogens is 375 g/mol. The first-order chi connectivity index (χ1) is 12.4. The lowest BCUT2D eigenvalue weighted by Crippen LogP contribution is -2.58. The molecule has 1 aliphatic carbocycles. The number of carbonyl (C=O) groups is 1. The van der Waals surface area contributed by atoms with Gasteiger partial charge in [0, 0.05) is 30.5 Å². The molecule has 1 saturated heterocycles. The Kier molecular flexibility index (Phi) is 6.14. The van der Waals surface area contributed by atoms with Crippen molar-refractivity contribution < 1.29 is 14.3 Å². The molecule has 1 amide bonds. The predicted octanol–water partition coefficient (Wildman–Crippen LogP) is 3.73. The number of rotatable bonds is 4. The monoisotopic (exact) mass is 400 g/mol. The van der Waals surface area contributed by atoms with Crippen LogP contribution in [-0.2, 0) is 9.47 Å². The van der Waals surface area contributed by atoms with Crippen LogP contribution in [0, 0.1) is 0 Å². The maximum absolute atomic E-state index is 12.5. The first-order valence-electron chi connectivity index (χ1n) is 9.05. The van der Waals surface area contributed by atoms with Gasteiger partial charge in [0.1, 0.15) is 0 Å². The zero-order valence-corrected chi connectivity index (χ0v) is 16.8. The average molecular weight is 401 g/mol. The molecule has 0 atom stereocenters. The smallest absolute Gasteiger partial charge is 0.251 e. The third-order valence-electron chi connectivity index (χ3n) is 5.67. The molecule has 26 heavy (non-hydrogen) atoms. The quantitative estimate of drug-likeness (QED) is 0.836. The van der Waals surface area contributed by atoms with E-state index in [2.05, 4.69) is 24.3 Å². The van der Waals surface area contributed by atoms with Crippen molar-refractivity contribution in [3.63, 3.8) is 0 Å². The van der Waals surface area contributed by atoms with Crippen molar-refractivity contribution in [1.29, 1.82) is 0 Å². The van der Waals surface area contributed by atoms with Crippen molar-refractivity contribution >= 4 is 29.1 Å². The van der Waals surface area contributed by atoms with Gasteiger partial charge in [-0.3, -0.25) is 4.79 Å². The van der Waals surface area contributed by atoms with Crippen LogP contribution in [0.2, 0.25) is 10.0 Å². The number of halogens is 2. The van der Waals surface area contributed by atoms with Gasteiger partial charge in [0.2, 0.25) is 0 Å². The minimum atomic E-state index is -0.425. The van der Waals surface area contributed by atoms with Crippen LogP contribution in [0.15, 0.2) is 18.2 Å². The summed E-state index contributed by atoms with van der Waals surface area (Å²) >= 11 is 11.9. The fourth-order valence-electron chi connectivity index (χ4n) is 3.77.